The SMILES string of the molecule is Cc1cc(Cl)[nH+]cc1C(F)(F)F.[I-]. The zero-order chi connectivity index (χ0) is 9.35. The Hall–Kier alpha value is -0.0400. The molecule has 0 bridgehead atoms. The number of aryl methyl sites for hydroxylation is 1. The highest BCUT2D eigenvalue weighted by Crippen LogP contribution is 2.30. The first-order valence-electron chi connectivity index (χ1n) is 3.16. The topological polar surface area (TPSA) is 14.1 Å². The van der Waals surface area contributed by atoms with Gasteiger partial charge in [0.05, 0.1) is 0 Å². The summed E-state index contributed by atoms with van der Waals surface area (Å²) in [7, 11) is 0. The molecule has 74 valence electrons. The standard InChI is InChI=1S/C7H5ClF3N.HI/c1-4-2-6(8)12-3-5(4)7(9,10)11;/h2-3H,1H3;1H. The van der Waals surface area contributed by atoms with E-state index in [0.717, 1.165) is 6.20 Å². The van der Waals surface area contributed by atoms with E-state index < -0.39 is 11.7 Å². The minimum atomic E-state index is -4.31. The van der Waals surface area contributed by atoms with Gasteiger partial charge in [-0.25, -0.2) is 4.98 Å². The van der Waals surface area contributed by atoms with E-state index in [4.69, 9.17) is 11.6 Å². The predicted octanol–water partition coefficient (Wildman–Crippen LogP) is -0.515. The molecule has 0 unspecified atom stereocenters. The highest BCUT2D eigenvalue weighted by atomic mass is 127. The number of hydrogen-bond acceptors (Lipinski definition) is 0. The average molecular weight is 323 g/mol. The molecule has 0 radical (unpaired) electrons. The molecule has 0 saturated carbocycles. The van der Waals surface area contributed by atoms with Crippen LogP contribution in [0.3, 0.4) is 0 Å². The molecule has 1 heterocycles. The third-order valence-electron chi connectivity index (χ3n) is 1.43. The minimum absolute atomic E-state index is 0. The Balaban J connectivity index is 0.00000144. The molecule has 0 aliphatic rings. The lowest BCUT2D eigenvalue weighted by molar-refractivity contribution is -0.378. The molecule has 6 heteroatoms. The Morgan fingerprint density at radius 1 is 1.38 bits per heavy atom. The molecule has 0 amide bonds. The van der Waals surface area contributed by atoms with Crippen LogP contribution < -0.4 is 29.0 Å². The Bertz CT molecular complexity index is 300. The summed E-state index contributed by atoms with van der Waals surface area (Å²) >= 11 is 5.44. The maximum absolute atomic E-state index is 12.1. The van der Waals surface area contributed by atoms with Gasteiger partial charge in [-0.05, 0) is 24.1 Å². The lowest BCUT2D eigenvalue weighted by atomic mass is 10.1. The number of aromatic amines is 1. The van der Waals surface area contributed by atoms with Crippen LogP contribution in [-0.2, 0) is 6.18 Å². The van der Waals surface area contributed by atoms with Gasteiger partial charge >= 0.3 is 6.18 Å². The van der Waals surface area contributed by atoms with Gasteiger partial charge < -0.3 is 24.0 Å². The second-order valence-corrected chi connectivity index (χ2v) is 2.78. The molecule has 1 aromatic heterocycles. The zero-order valence-electron chi connectivity index (χ0n) is 6.54. The van der Waals surface area contributed by atoms with E-state index in [2.05, 4.69) is 4.98 Å². The van der Waals surface area contributed by atoms with Crippen molar-refractivity contribution < 1.29 is 42.1 Å². The lowest BCUT2D eigenvalue weighted by Crippen LogP contribution is -3.00. The number of nitrogens with one attached hydrogen (secondary N) is 1. The van der Waals surface area contributed by atoms with Gasteiger partial charge in [-0.15, -0.1) is 0 Å². The van der Waals surface area contributed by atoms with Crippen LogP contribution in [0.2, 0.25) is 5.15 Å². The van der Waals surface area contributed by atoms with Crippen molar-refractivity contribution in [1.29, 1.82) is 0 Å². The molecule has 0 aromatic carbocycles. The summed E-state index contributed by atoms with van der Waals surface area (Å²) in [4.78, 5) is 2.29. The van der Waals surface area contributed by atoms with Gasteiger partial charge in [-0.3, -0.25) is 0 Å². The van der Waals surface area contributed by atoms with Crippen LogP contribution in [0.4, 0.5) is 13.2 Å². The van der Waals surface area contributed by atoms with Crippen LogP contribution >= 0.6 is 11.6 Å². The smallest absolute Gasteiger partial charge is 0.422 e. The highest BCUT2D eigenvalue weighted by Gasteiger charge is 2.34. The summed E-state index contributed by atoms with van der Waals surface area (Å²) in [6.45, 7) is 1.36. The molecule has 13 heavy (non-hydrogen) atoms. The van der Waals surface area contributed by atoms with Gasteiger partial charge in [-0.2, -0.15) is 13.2 Å². The number of rotatable bonds is 0. The van der Waals surface area contributed by atoms with Crippen LogP contribution in [0, 0.1) is 6.92 Å². The van der Waals surface area contributed by atoms with E-state index >= 15 is 0 Å². The van der Waals surface area contributed by atoms with Crippen LogP contribution in [0.5, 0.6) is 0 Å². The Morgan fingerprint density at radius 2 is 1.92 bits per heavy atom. The van der Waals surface area contributed by atoms with Crippen molar-refractivity contribution in [2.45, 2.75) is 13.1 Å². The summed E-state index contributed by atoms with van der Waals surface area (Å²) in [5.41, 5.74) is -0.571. The van der Waals surface area contributed by atoms with Crippen molar-refractivity contribution in [2.24, 2.45) is 0 Å². The summed E-state index contributed by atoms with van der Waals surface area (Å²) < 4.78 is 36.4. The number of aromatic nitrogens is 1. The number of hydrogen-bond donors (Lipinski definition) is 0. The molecule has 1 N–H and O–H groups in total. The summed E-state index contributed by atoms with van der Waals surface area (Å²) in [6.07, 6.45) is -3.46. The maximum atomic E-state index is 12.1. The normalized spacial score (nSPS) is 10.8. The van der Waals surface area contributed by atoms with Crippen molar-refractivity contribution in [3.63, 3.8) is 0 Å². The fraction of sp³-hybridized carbons (Fsp3) is 0.286. The number of H-pyrrole nitrogens is 1. The van der Waals surface area contributed by atoms with Crippen molar-refractivity contribution in [3.8, 4) is 0 Å². The first-order valence-corrected chi connectivity index (χ1v) is 3.54. The molecule has 0 spiro atoms. The van der Waals surface area contributed by atoms with Gasteiger partial charge in [0.1, 0.15) is 5.56 Å². The fourth-order valence-electron chi connectivity index (χ4n) is 0.870. The van der Waals surface area contributed by atoms with Crippen LogP contribution in [0.15, 0.2) is 12.3 Å². The molecular weight excluding hydrogens is 317 g/mol. The van der Waals surface area contributed by atoms with Crippen molar-refractivity contribution in [3.05, 3.63) is 28.5 Å². The second kappa shape index (κ2) is 4.45. The average Bonchev–Trinajstić information content (AvgIpc) is 1.83. The van der Waals surface area contributed by atoms with Gasteiger partial charge in [-0.1, -0.05) is 0 Å². The monoisotopic (exact) mass is 323 g/mol. The van der Waals surface area contributed by atoms with Gasteiger partial charge in [0.15, 0.2) is 6.20 Å². The third-order valence-corrected chi connectivity index (χ3v) is 1.65. The molecule has 0 atom stereocenters. The zero-order valence-corrected chi connectivity index (χ0v) is 9.46. The Labute approximate surface area is 95.3 Å². The van der Waals surface area contributed by atoms with E-state index in [1.165, 1.54) is 13.0 Å². The molecular formula is C7H6ClF3IN. The van der Waals surface area contributed by atoms with E-state index in [1.807, 2.05) is 0 Å². The Morgan fingerprint density at radius 3 is 2.31 bits per heavy atom. The van der Waals surface area contributed by atoms with E-state index in [9.17, 15) is 13.2 Å². The predicted molar refractivity (Wildman–Crippen MR) is 37.7 cm³/mol. The number of pyridine rings is 1. The number of alkyl halides is 3. The largest absolute Gasteiger partial charge is 1.00 e. The van der Waals surface area contributed by atoms with E-state index in [0.29, 0.717) is 0 Å². The van der Waals surface area contributed by atoms with Crippen LogP contribution in [0.25, 0.3) is 0 Å². The molecule has 0 saturated heterocycles. The lowest BCUT2D eigenvalue weighted by Gasteiger charge is -2.05. The van der Waals surface area contributed by atoms with Crippen molar-refractivity contribution >= 4 is 11.6 Å². The van der Waals surface area contributed by atoms with E-state index in [1.54, 1.807) is 0 Å². The molecule has 0 fully saturated rings. The van der Waals surface area contributed by atoms with Gasteiger partial charge in [0.25, 0.3) is 5.15 Å². The molecule has 1 nitrogen and oxygen atoms in total. The highest BCUT2D eigenvalue weighted by molar-refractivity contribution is 6.28. The second-order valence-electron chi connectivity index (χ2n) is 2.38. The maximum Gasteiger partial charge on any atom is 0.422 e. The van der Waals surface area contributed by atoms with Crippen molar-refractivity contribution in [2.75, 3.05) is 0 Å². The van der Waals surface area contributed by atoms with E-state index in [-0.39, 0.29) is 34.7 Å². The summed E-state index contributed by atoms with van der Waals surface area (Å²) in [6, 6.07) is 1.24. The Kier molecular flexibility index (Phi) is 4.44. The van der Waals surface area contributed by atoms with Crippen molar-refractivity contribution in [1.82, 2.24) is 0 Å². The molecule has 0 aliphatic carbocycles. The third kappa shape index (κ3) is 3.30. The molecule has 1 rings (SSSR count). The fourth-order valence-corrected chi connectivity index (χ4v) is 1.09. The number of halogens is 5. The van der Waals surface area contributed by atoms with Gasteiger partial charge in [0, 0.05) is 6.07 Å². The quantitative estimate of drug-likeness (QED) is 0.451. The summed E-state index contributed by atoms with van der Waals surface area (Å²) in [5.74, 6) is 0. The van der Waals surface area contributed by atoms with Crippen LogP contribution in [-0.4, -0.2) is 0 Å². The molecule has 0 aliphatic heterocycles. The van der Waals surface area contributed by atoms with Crippen LogP contribution in [0.1, 0.15) is 11.1 Å². The first-order chi connectivity index (χ1) is 5.41. The molecule has 1 aromatic rings. The first kappa shape index (κ1) is 13.0. The van der Waals surface area contributed by atoms with Gasteiger partial charge in [0.2, 0.25) is 0 Å². The minimum Gasteiger partial charge on any atom is -1.00 e. The summed E-state index contributed by atoms with van der Waals surface area (Å²) in [5, 5.41) is 0.195.